The van der Waals surface area contributed by atoms with Crippen LogP contribution < -0.4 is 15.3 Å². The van der Waals surface area contributed by atoms with Crippen molar-refractivity contribution in [1.29, 1.82) is 0 Å². The second-order valence-corrected chi connectivity index (χ2v) is 10.2. The average Bonchev–Trinajstić information content (AvgIpc) is 3.23. The first-order chi connectivity index (χ1) is 17.6. The van der Waals surface area contributed by atoms with E-state index in [-0.39, 0.29) is 17.1 Å². The van der Waals surface area contributed by atoms with Crippen molar-refractivity contribution in [2.24, 2.45) is 0 Å². The van der Waals surface area contributed by atoms with Crippen molar-refractivity contribution in [2.75, 3.05) is 11.8 Å². The highest BCUT2D eigenvalue weighted by Gasteiger charge is 2.18. The molecule has 2 aromatic carbocycles. The van der Waals surface area contributed by atoms with Crippen molar-refractivity contribution in [3.8, 4) is 5.69 Å². The molecule has 0 aliphatic heterocycles. The normalized spacial score (nSPS) is 11.5. The van der Waals surface area contributed by atoms with Crippen molar-refractivity contribution >= 4 is 32.9 Å². The number of nitrogens with one attached hydrogen (secondary N) is 2. The van der Waals surface area contributed by atoms with E-state index in [9.17, 15) is 18.4 Å². The van der Waals surface area contributed by atoms with Crippen molar-refractivity contribution < 1.29 is 18.4 Å². The zero-order valence-electron chi connectivity index (χ0n) is 20.6. The molecule has 4 rings (SSSR count). The molecular weight excluding hydrogens is 496 g/mol. The van der Waals surface area contributed by atoms with Crippen LogP contribution in [0.3, 0.4) is 0 Å². The molecule has 0 bridgehead atoms. The molecule has 194 valence electrons. The van der Waals surface area contributed by atoms with Crippen LogP contribution in [0.5, 0.6) is 0 Å². The number of sulfonamides is 1. The number of amides is 2. The highest BCUT2D eigenvalue weighted by atomic mass is 32.2. The zero-order chi connectivity index (χ0) is 26.7. The third kappa shape index (κ3) is 5.71. The van der Waals surface area contributed by atoms with Gasteiger partial charge < -0.3 is 15.8 Å². The third-order valence-electron chi connectivity index (χ3n) is 5.79. The van der Waals surface area contributed by atoms with Crippen LogP contribution >= 0.6 is 0 Å². The van der Waals surface area contributed by atoms with Gasteiger partial charge in [-0.3, -0.25) is 9.77 Å². The van der Waals surface area contributed by atoms with E-state index < -0.39 is 21.3 Å². The first kappa shape index (κ1) is 26.1. The number of urea groups is 1. The molecule has 0 atom stereocenters. The molecule has 0 saturated carbocycles. The molecule has 4 aromatic rings. The molecule has 2 heterocycles. The van der Waals surface area contributed by atoms with Crippen LogP contribution in [-0.2, 0) is 22.9 Å². The fourth-order valence-corrected chi connectivity index (χ4v) is 5.00. The number of nitrogens with zero attached hydrogens (tertiary/aromatic N) is 4. The summed E-state index contributed by atoms with van der Waals surface area (Å²) in [7, 11) is -4.23. The van der Waals surface area contributed by atoms with Crippen LogP contribution in [-0.4, -0.2) is 40.7 Å². The van der Waals surface area contributed by atoms with Gasteiger partial charge in [0.1, 0.15) is 11.3 Å². The van der Waals surface area contributed by atoms with Gasteiger partial charge in [-0.1, -0.05) is 25.1 Å². The van der Waals surface area contributed by atoms with Crippen LogP contribution in [0.2, 0.25) is 0 Å². The number of aryl methyl sites for hydroxylation is 3. The van der Waals surface area contributed by atoms with E-state index in [0.29, 0.717) is 6.42 Å². The minimum absolute atomic E-state index is 0.194. The van der Waals surface area contributed by atoms with Gasteiger partial charge in [0.25, 0.3) is 10.0 Å². The van der Waals surface area contributed by atoms with E-state index in [1.807, 2.05) is 60.4 Å². The van der Waals surface area contributed by atoms with Gasteiger partial charge in [0, 0.05) is 24.3 Å². The van der Waals surface area contributed by atoms with Gasteiger partial charge >= 0.3 is 6.03 Å². The van der Waals surface area contributed by atoms with Crippen LogP contribution in [0.25, 0.3) is 16.9 Å². The summed E-state index contributed by atoms with van der Waals surface area (Å²) in [5.74, 6) is 0.913. The number of fused-ring (bicyclic) bond motifs is 1. The van der Waals surface area contributed by atoms with E-state index in [2.05, 4.69) is 5.32 Å². The largest absolute Gasteiger partial charge is 0.733 e. The minimum atomic E-state index is -4.23. The second-order valence-electron chi connectivity index (χ2n) is 8.52. The first-order valence-corrected chi connectivity index (χ1v) is 13.1. The lowest BCUT2D eigenvalue weighted by molar-refractivity contribution is 0.246. The molecular formula is C25H27N6O5S-. The van der Waals surface area contributed by atoms with E-state index in [0.717, 1.165) is 52.0 Å². The van der Waals surface area contributed by atoms with Gasteiger partial charge in [0.05, 0.1) is 10.6 Å². The van der Waals surface area contributed by atoms with Gasteiger partial charge in [-0.15, -0.1) is 0 Å². The summed E-state index contributed by atoms with van der Waals surface area (Å²) in [6.07, 6.45) is 1.22. The lowest BCUT2D eigenvalue weighted by Gasteiger charge is -2.21. The van der Waals surface area contributed by atoms with Gasteiger partial charge in [0.15, 0.2) is 5.65 Å². The number of aromatic nitrogens is 3. The molecule has 2 aromatic heterocycles. The fraction of sp³-hybridized carbons (Fsp3) is 0.240. The number of hydrogen-bond acceptors (Lipinski definition) is 8. The monoisotopic (exact) mass is 523 g/mol. The van der Waals surface area contributed by atoms with Crippen molar-refractivity contribution in [1.82, 2.24) is 24.6 Å². The summed E-state index contributed by atoms with van der Waals surface area (Å²) < 4.78 is 28.7. The lowest BCUT2D eigenvalue weighted by Crippen LogP contribution is -2.40. The first-order valence-electron chi connectivity index (χ1n) is 11.6. The van der Waals surface area contributed by atoms with Gasteiger partial charge in [-0.2, -0.15) is 0 Å². The van der Waals surface area contributed by atoms with Crippen molar-refractivity contribution in [2.45, 2.75) is 38.5 Å². The molecule has 0 aliphatic rings. The molecule has 0 radical (unpaired) electrons. The third-order valence-corrected chi connectivity index (χ3v) is 7.12. The quantitative estimate of drug-likeness (QED) is 0.297. The van der Waals surface area contributed by atoms with Gasteiger partial charge in [-0.05, 0) is 67.8 Å². The van der Waals surface area contributed by atoms with Crippen LogP contribution in [0.4, 0.5) is 10.5 Å². The summed E-state index contributed by atoms with van der Waals surface area (Å²) in [5, 5.41) is 22.0. The van der Waals surface area contributed by atoms with E-state index >= 15 is 0 Å². The number of rotatable bonds is 8. The Morgan fingerprint density at radius 2 is 1.84 bits per heavy atom. The highest BCUT2D eigenvalue weighted by Crippen LogP contribution is 2.24. The second kappa shape index (κ2) is 10.5. The molecule has 0 fully saturated rings. The van der Waals surface area contributed by atoms with Gasteiger partial charge in [-0.25, -0.2) is 27.9 Å². The molecule has 0 spiro atoms. The predicted molar refractivity (Wildman–Crippen MR) is 139 cm³/mol. The zero-order valence-corrected chi connectivity index (χ0v) is 21.4. The SMILES string of the molecule is CCc1nc2c(C)cc(C)nc2n1-c1ccc(CCNC(=O)NS(=O)(=O)c2cccc(N([O-])O)c2)cc1. The number of carbonyl (C=O) groups is 1. The number of pyridine rings is 1. The average molecular weight is 524 g/mol. The smallest absolute Gasteiger partial charge is 0.328 e. The van der Waals surface area contributed by atoms with Crippen molar-refractivity contribution in [3.05, 3.63) is 82.4 Å². The highest BCUT2D eigenvalue weighted by molar-refractivity contribution is 7.90. The molecule has 0 saturated heterocycles. The number of imidazole rings is 1. The predicted octanol–water partition coefficient (Wildman–Crippen LogP) is 3.52. The summed E-state index contributed by atoms with van der Waals surface area (Å²) in [6, 6.07) is 13.6. The summed E-state index contributed by atoms with van der Waals surface area (Å²) in [6.45, 7) is 6.23. The summed E-state index contributed by atoms with van der Waals surface area (Å²) in [5.41, 5.74) is 5.29. The number of anilines is 1. The maximum absolute atomic E-state index is 12.4. The Labute approximate surface area is 214 Å². The molecule has 0 unspecified atom stereocenters. The van der Waals surface area contributed by atoms with Gasteiger partial charge in [0.2, 0.25) is 0 Å². The Balaban J connectivity index is 1.40. The Bertz CT molecular complexity index is 1550. The standard InChI is InChI=1S/C25H27N6O5S/c1-4-22-28-23-16(2)14-17(3)27-24(23)30(22)19-10-8-18(9-11-19)12-13-26-25(32)29-37(35,36)21-7-5-6-20(15-21)31(33)34/h5-11,14-15,33H,4,12-13H2,1-3H3,(H2,26,29,32)/q-1. The number of carbonyl (C=O) groups excluding carboxylic acids is 1. The lowest BCUT2D eigenvalue weighted by atomic mass is 10.1. The van der Waals surface area contributed by atoms with E-state index in [1.165, 1.54) is 18.2 Å². The summed E-state index contributed by atoms with van der Waals surface area (Å²) >= 11 is 0. The molecule has 3 N–H and O–H groups in total. The Morgan fingerprint density at radius 1 is 1.11 bits per heavy atom. The van der Waals surface area contributed by atoms with Crippen LogP contribution in [0.1, 0.15) is 29.6 Å². The molecule has 0 aliphatic carbocycles. The number of hydrogen-bond donors (Lipinski definition) is 3. The summed E-state index contributed by atoms with van der Waals surface area (Å²) in [4.78, 5) is 21.3. The van der Waals surface area contributed by atoms with Crippen LogP contribution in [0, 0.1) is 19.1 Å². The number of benzene rings is 2. The van der Waals surface area contributed by atoms with Crippen LogP contribution in [0.15, 0.2) is 59.5 Å². The molecule has 2 amide bonds. The van der Waals surface area contributed by atoms with Crippen molar-refractivity contribution in [3.63, 3.8) is 0 Å². The van der Waals surface area contributed by atoms with E-state index in [4.69, 9.17) is 15.2 Å². The maximum atomic E-state index is 12.4. The fourth-order valence-electron chi connectivity index (χ4n) is 4.03. The minimum Gasteiger partial charge on any atom is -0.733 e. The molecule has 37 heavy (non-hydrogen) atoms. The topological polar surface area (TPSA) is 153 Å². The molecule has 12 heteroatoms. The Morgan fingerprint density at radius 3 is 2.51 bits per heavy atom. The Hall–Kier alpha value is -4.00. The van der Waals surface area contributed by atoms with E-state index in [1.54, 1.807) is 0 Å². The molecule has 11 nitrogen and oxygen atoms in total. The Kier molecular flexibility index (Phi) is 7.43. The maximum Gasteiger partial charge on any atom is 0.328 e.